The highest BCUT2D eigenvalue weighted by Gasteiger charge is 2.51. The second kappa shape index (κ2) is 50.9. The highest BCUT2D eigenvalue weighted by Crippen LogP contribution is 2.52. The standard InChI is InChI=1S/C17H27N.2C16H26N2.C15H25N3.C15H27NO.C14H27NO.C13H25NO.C12H23NO2S/c1-13(2)16-10-11-18(12-17(16,4)5)15-8-6-14(3)7-9-15;1-12(2)14-8-9-18(11-16(14,4)5)15-7-6-13(3)10-17-15;1-5-14-11-18(9-8-15(14)12(2)3)16-7-6-13(4)10-17-16;1-11(2)13-8-9-18(10-15(13,4)5)14-7-6-12(3)16-17-14;1-9(2)13-6-12-7-16(15(17)10(3)4)8-14(12)11(13)5;1-10(2)12-7-8-15(9-14(12,5)6)13(16)11(3)4;1-6-12(15)14-8-7-11(10(2)3)13(4,5)9-14;1-8(2)11-5-10-6-13(16(4,14)15)7-12(10)9(11)3/h6-9,13,16H,10-12H2,1-5H3;6-7,10,12,14H,8-9,11H2,1-5H3;6-7,10,12,14-15H,5,8-9,11H2,1-4H3;6-7,11,13H,8-10H2,1-5H3;9-14H,6-8H2,1-5H3;10-12H,7-9H2,1-6H3;10-11H,6-9H2,1-5H3;8-12H,5-7H2,1-4H3/t16-;14-;14-,15+;13-;11-,12+,13-,14+;12-;11-;9-,10+,11-,12+/m00100000/s1. The summed E-state index contributed by atoms with van der Waals surface area (Å²) < 4.78 is 24.7. The number of hydrogen-bond donors (Lipinski definition) is 0. The van der Waals surface area contributed by atoms with Crippen molar-refractivity contribution < 1.29 is 22.8 Å². The Morgan fingerprint density at radius 2 is 0.735 bits per heavy atom. The second-order valence-electron chi connectivity index (χ2n) is 51.4. The van der Waals surface area contributed by atoms with E-state index in [-0.39, 0.29) is 22.7 Å². The van der Waals surface area contributed by atoms with E-state index in [1.165, 1.54) is 93.2 Å². The Labute approximate surface area is 836 Å². The number of benzene rings is 1. The molecule has 0 bridgehead atoms. The van der Waals surface area contributed by atoms with Crippen LogP contribution >= 0.6 is 0 Å². The summed E-state index contributed by atoms with van der Waals surface area (Å²) in [6.45, 7) is 103. The van der Waals surface area contributed by atoms with Gasteiger partial charge in [0.1, 0.15) is 11.6 Å². The van der Waals surface area contributed by atoms with E-state index in [1.807, 2.05) is 64.9 Å². The van der Waals surface area contributed by atoms with Crippen LogP contribution in [-0.2, 0) is 24.4 Å². The van der Waals surface area contributed by atoms with E-state index < -0.39 is 10.0 Å². The Balaban J connectivity index is 0.000000212. The second-order valence-corrected chi connectivity index (χ2v) is 53.4. The first kappa shape index (κ1) is 117. The Morgan fingerprint density at radius 3 is 1.10 bits per heavy atom. The fraction of sp³-hybridized carbons (Fsp3) is 0.805. The average molecular weight is 1910 g/mol. The normalized spacial score (nSPS) is 27.8. The molecule has 0 radical (unpaired) electrons. The zero-order valence-electron chi connectivity index (χ0n) is 94.6. The molecule has 3 aromatic heterocycles. The summed E-state index contributed by atoms with van der Waals surface area (Å²) in [4.78, 5) is 60.9. The third-order valence-electron chi connectivity index (χ3n) is 35.0. The number of carbonyl (C=O) groups excluding carboxylic acids is 3. The molecule has 1 aromatic carbocycles. The van der Waals surface area contributed by atoms with E-state index in [0.717, 1.165) is 234 Å². The summed E-state index contributed by atoms with van der Waals surface area (Å²) in [5.74, 6) is 22.2. The van der Waals surface area contributed by atoms with Gasteiger partial charge in [-0.25, -0.2) is 22.7 Å². The third kappa shape index (κ3) is 32.3. The maximum atomic E-state index is 12.0. The van der Waals surface area contributed by atoms with Crippen molar-refractivity contribution in [2.75, 3.05) is 131 Å². The summed E-state index contributed by atoms with van der Waals surface area (Å²) >= 11 is 0. The van der Waals surface area contributed by atoms with Gasteiger partial charge >= 0.3 is 0 Å². The lowest BCUT2D eigenvalue weighted by Crippen LogP contribution is -2.50. The molecule has 136 heavy (non-hydrogen) atoms. The van der Waals surface area contributed by atoms with E-state index >= 15 is 0 Å². The van der Waals surface area contributed by atoms with Gasteiger partial charge in [-0.05, 0) is 290 Å². The quantitative estimate of drug-likeness (QED) is 0.0982. The van der Waals surface area contributed by atoms with Gasteiger partial charge in [-0.1, -0.05) is 272 Å². The van der Waals surface area contributed by atoms with Crippen molar-refractivity contribution in [1.82, 2.24) is 39.2 Å². The van der Waals surface area contributed by atoms with Crippen molar-refractivity contribution in [3.63, 3.8) is 0 Å². The van der Waals surface area contributed by atoms with Crippen LogP contribution in [0.25, 0.3) is 0 Å². The molecule has 8 saturated heterocycles. The zero-order valence-corrected chi connectivity index (χ0v) is 95.4. The van der Waals surface area contributed by atoms with Crippen molar-refractivity contribution >= 4 is 50.9 Å². The van der Waals surface area contributed by atoms with Gasteiger partial charge in [0, 0.05) is 141 Å². The van der Waals surface area contributed by atoms with Crippen LogP contribution in [0.1, 0.15) is 322 Å². The lowest BCUT2D eigenvalue weighted by molar-refractivity contribution is -0.139. The molecule has 0 spiro atoms. The molecule has 10 fully saturated rings. The maximum Gasteiger partial charge on any atom is 0.225 e. The molecule has 14 rings (SSSR count). The third-order valence-corrected chi connectivity index (χ3v) is 36.2. The summed E-state index contributed by atoms with van der Waals surface area (Å²) in [6.07, 6.45) is 17.2. The number of likely N-dealkylation sites (tertiary alicyclic amines) is 3. The van der Waals surface area contributed by atoms with Gasteiger partial charge in [0.2, 0.25) is 27.7 Å². The monoisotopic (exact) mass is 1900 g/mol. The molecule has 0 unspecified atom stereocenters. The zero-order chi connectivity index (χ0) is 102. The topological polar surface area (TPSA) is 163 Å². The van der Waals surface area contributed by atoms with Gasteiger partial charge in [0.25, 0.3) is 0 Å². The van der Waals surface area contributed by atoms with Crippen molar-refractivity contribution in [1.29, 1.82) is 0 Å². The molecule has 17 nitrogen and oxygen atoms in total. The molecule has 3 amide bonds. The van der Waals surface area contributed by atoms with Gasteiger partial charge in [-0.3, -0.25) is 14.4 Å². The lowest BCUT2D eigenvalue weighted by atomic mass is 9.68. The first-order chi connectivity index (χ1) is 63.2. The number of pyridine rings is 2. The number of rotatable bonds is 17. The van der Waals surface area contributed by atoms with E-state index in [0.29, 0.717) is 64.1 Å². The van der Waals surface area contributed by atoms with Crippen molar-refractivity contribution in [2.24, 2.45) is 175 Å². The van der Waals surface area contributed by atoms with Crippen LogP contribution in [0.3, 0.4) is 0 Å². The molecule has 4 aromatic rings. The van der Waals surface area contributed by atoms with Crippen LogP contribution in [0.2, 0.25) is 0 Å². The van der Waals surface area contributed by atoms with Crippen LogP contribution in [0, 0.1) is 203 Å². The first-order valence-electron chi connectivity index (χ1n) is 54.7. The smallest absolute Gasteiger partial charge is 0.225 e. The fourth-order valence-corrected chi connectivity index (χ4v) is 28.5. The Bertz CT molecular complexity index is 4150. The minimum Gasteiger partial charge on any atom is -0.371 e. The SMILES string of the molecule is CC(C)C(=O)N1CC[C@@H](C(C)C)C(C)(C)C1.CC(C)C(=O)N1C[C@H]2C[C@@H](C(C)C)[C@H](C)[C@H]2C1.CC(C)[C@@H]1C[C@@H]2CN(S(C)(=O)=O)C[C@@H]2[C@H]1C.CCC(=O)N1CC[C@@H](C(C)C)C(C)(C)C1.CC[C@@H]1CN(c2ccc(C)cn2)CC[C@H]1C(C)C.Cc1ccc(N2CC[C@@H](C(C)C)C(C)(C)C2)cc1.Cc1ccc(N2CC[C@@H](C(C)C)C(C)(C)C2)nc1.Cc1ccc(N2CC[C@@H](C(C)C)C(C)(C)C2)nn1. The van der Waals surface area contributed by atoms with Gasteiger partial charge in [-0.15, -0.1) is 5.10 Å². The molecule has 2 aliphatic carbocycles. The molecule has 18 heteroatoms. The van der Waals surface area contributed by atoms with E-state index in [1.54, 1.807) is 4.31 Å². The summed E-state index contributed by atoms with van der Waals surface area (Å²) in [5, 5.41) is 8.48. The molecule has 15 atom stereocenters. The Morgan fingerprint density at radius 1 is 0.375 bits per heavy atom. The van der Waals surface area contributed by atoms with Gasteiger partial charge in [0.05, 0.1) is 11.9 Å². The number of carbonyl (C=O) groups is 3. The van der Waals surface area contributed by atoms with Crippen molar-refractivity contribution in [3.8, 4) is 0 Å². The number of fused-ring (bicyclic) bond motifs is 2. The van der Waals surface area contributed by atoms with E-state index in [9.17, 15) is 22.8 Å². The predicted octanol–water partition coefficient (Wildman–Crippen LogP) is 26.5. The molecule has 8 aliphatic heterocycles. The Hall–Kier alpha value is -5.88. The molecule has 0 N–H and O–H groups in total. The van der Waals surface area contributed by atoms with Gasteiger partial charge < -0.3 is 34.3 Å². The summed E-state index contributed by atoms with van der Waals surface area (Å²) in [7, 11) is -2.97. The number of aryl methyl sites for hydroxylation is 4. The molecule has 2 saturated carbocycles. The van der Waals surface area contributed by atoms with Gasteiger partial charge in [0.15, 0.2) is 5.82 Å². The molecular formula is C118H206N12O5S. The van der Waals surface area contributed by atoms with Crippen LogP contribution < -0.4 is 19.6 Å². The summed E-state index contributed by atoms with van der Waals surface area (Å²) in [6, 6.07) is 21.7. The average Bonchev–Trinajstić information content (AvgIpc) is 1.62. The van der Waals surface area contributed by atoms with Crippen LogP contribution in [-0.4, -0.2) is 176 Å². The van der Waals surface area contributed by atoms with Crippen LogP contribution in [0.5, 0.6) is 0 Å². The fourth-order valence-electron chi connectivity index (χ4n) is 27.6. The number of sulfonamides is 1. The van der Waals surface area contributed by atoms with E-state index in [2.05, 4.69) is 326 Å². The molecule has 11 heterocycles. The molecule has 774 valence electrons. The predicted molar refractivity (Wildman–Crippen MR) is 579 cm³/mol. The highest BCUT2D eigenvalue weighted by molar-refractivity contribution is 7.88. The van der Waals surface area contributed by atoms with E-state index in [4.69, 9.17) is 0 Å². The van der Waals surface area contributed by atoms with Crippen molar-refractivity contribution in [3.05, 3.63) is 95.4 Å². The Kier molecular flexibility index (Phi) is 43.8. The minimum atomic E-state index is -2.97. The van der Waals surface area contributed by atoms with Crippen LogP contribution in [0.4, 0.5) is 23.1 Å². The number of piperidine rings is 6. The van der Waals surface area contributed by atoms with Crippen molar-refractivity contribution in [2.45, 2.75) is 327 Å². The highest BCUT2D eigenvalue weighted by atomic mass is 32.2. The lowest BCUT2D eigenvalue weighted by Gasteiger charge is -2.47. The number of anilines is 4. The number of nitrogens with zero attached hydrogens (tertiary/aromatic N) is 12. The number of amides is 3. The number of aromatic nitrogens is 4. The summed E-state index contributed by atoms with van der Waals surface area (Å²) in [5.41, 5.74) is 7.85. The maximum absolute atomic E-state index is 12.0. The minimum absolute atomic E-state index is 0.131. The first-order valence-corrected chi connectivity index (χ1v) is 56.5. The molecular weight excluding hydrogens is 1700 g/mol. The largest absolute Gasteiger partial charge is 0.371 e. The van der Waals surface area contributed by atoms with Crippen LogP contribution in [0.15, 0.2) is 73.1 Å². The number of hydrogen-bond acceptors (Lipinski definition) is 13. The molecule has 10 aliphatic rings. The van der Waals surface area contributed by atoms with Gasteiger partial charge in [-0.2, -0.15) is 5.10 Å².